The van der Waals surface area contributed by atoms with Crippen molar-refractivity contribution in [2.24, 2.45) is 0 Å². The van der Waals surface area contributed by atoms with Gasteiger partial charge in [0.05, 0.1) is 31.3 Å². The number of ether oxygens (including phenoxy) is 4. The summed E-state index contributed by atoms with van der Waals surface area (Å²) in [6, 6.07) is 1.82. The standard InChI is InChI=1S/C19H20BrNO5/c1-21-6-5-18-3-4-19(24-7-8-25-19)10-13(18)26-16-12(23-2)9-11(20)14(15(16)18)17(21)22/h3-4,9,13H,5-8,10H2,1-2H3. The van der Waals surface area contributed by atoms with Crippen molar-refractivity contribution in [2.75, 3.05) is 33.9 Å². The van der Waals surface area contributed by atoms with Crippen LogP contribution in [0.5, 0.6) is 11.5 Å². The van der Waals surface area contributed by atoms with Gasteiger partial charge in [0.2, 0.25) is 0 Å². The van der Waals surface area contributed by atoms with Gasteiger partial charge in [-0.25, -0.2) is 0 Å². The van der Waals surface area contributed by atoms with Gasteiger partial charge in [0.1, 0.15) is 6.10 Å². The second kappa shape index (κ2) is 5.47. The fourth-order valence-electron chi connectivity index (χ4n) is 4.65. The topological polar surface area (TPSA) is 57.2 Å². The van der Waals surface area contributed by atoms with Gasteiger partial charge in [-0.3, -0.25) is 4.79 Å². The number of halogens is 1. The molecule has 0 aromatic heterocycles. The van der Waals surface area contributed by atoms with Crippen LogP contribution in [0.15, 0.2) is 22.7 Å². The molecule has 1 aromatic carbocycles. The Morgan fingerprint density at radius 1 is 1.31 bits per heavy atom. The van der Waals surface area contributed by atoms with E-state index in [1.807, 2.05) is 19.2 Å². The maximum Gasteiger partial charge on any atom is 0.255 e. The summed E-state index contributed by atoms with van der Waals surface area (Å²) >= 11 is 3.58. The van der Waals surface area contributed by atoms with E-state index in [9.17, 15) is 4.79 Å². The lowest BCUT2D eigenvalue weighted by atomic mass is 9.68. The molecular weight excluding hydrogens is 402 g/mol. The first-order valence-electron chi connectivity index (χ1n) is 8.81. The van der Waals surface area contributed by atoms with Gasteiger partial charge in [-0.15, -0.1) is 0 Å². The molecule has 2 spiro atoms. The average molecular weight is 422 g/mol. The average Bonchev–Trinajstić information content (AvgIpc) is 3.19. The first-order chi connectivity index (χ1) is 12.5. The fraction of sp³-hybridized carbons (Fsp3) is 0.526. The summed E-state index contributed by atoms with van der Waals surface area (Å²) in [4.78, 5) is 14.8. The monoisotopic (exact) mass is 421 g/mol. The molecule has 6 nitrogen and oxygen atoms in total. The van der Waals surface area contributed by atoms with E-state index < -0.39 is 5.79 Å². The number of benzene rings is 1. The Morgan fingerprint density at radius 2 is 2.08 bits per heavy atom. The van der Waals surface area contributed by atoms with Gasteiger partial charge in [0.25, 0.3) is 5.91 Å². The first-order valence-corrected chi connectivity index (χ1v) is 9.60. The molecule has 2 unspecified atom stereocenters. The summed E-state index contributed by atoms with van der Waals surface area (Å²) in [6.07, 6.45) is 5.37. The molecule has 1 aliphatic carbocycles. The van der Waals surface area contributed by atoms with E-state index >= 15 is 0 Å². The Hall–Kier alpha value is -1.57. The van der Waals surface area contributed by atoms with Gasteiger partial charge in [0.15, 0.2) is 17.3 Å². The summed E-state index contributed by atoms with van der Waals surface area (Å²) < 4.78 is 24.4. The molecule has 5 rings (SSSR count). The minimum atomic E-state index is -0.717. The van der Waals surface area contributed by atoms with Gasteiger partial charge in [-0.2, -0.15) is 0 Å². The van der Waals surface area contributed by atoms with Gasteiger partial charge >= 0.3 is 0 Å². The minimum Gasteiger partial charge on any atom is -0.493 e. The van der Waals surface area contributed by atoms with E-state index in [2.05, 4.69) is 22.0 Å². The largest absolute Gasteiger partial charge is 0.493 e. The van der Waals surface area contributed by atoms with Crippen molar-refractivity contribution in [1.82, 2.24) is 4.90 Å². The van der Waals surface area contributed by atoms with Gasteiger partial charge in [-0.05, 0) is 34.5 Å². The van der Waals surface area contributed by atoms with E-state index in [4.69, 9.17) is 18.9 Å². The number of hydrogen-bond donors (Lipinski definition) is 0. The van der Waals surface area contributed by atoms with Crippen LogP contribution >= 0.6 is 15.9 Å². The van der Waals surface area contributed by atoms with Crippen molar-refractivity contribution in [2.45, 2.75) is 30.1 Å². The van der Waals surface area contributed by atoms with Crippen LogP contribution in [0.1, 0.15) is 28.8 Å². The van der Waals surface area contributed by atoms with Crippen molar-refractivity contribution < 1.29 is 23.7 Å². The van der Waals surface area contributed by atoms with Crippen LogP contribution in [0.3, 0.4) is 0 Å². The smallest absolute Gasteiger partial charge is 0.255 e. The third kappa shape index (κ3) is 2.02. The zero-order valence-corrected chi connectivity index (χ0v) is 16.3. The Bertz CT molecular complexity index is 832. The zero-order valence-electron chi connectivity index (χ0n) is 14.7. The highest BCUT2D eigenvalue weighted by molar-refractivity contribution is 9.10. The van der Waals surface area contributed by atoms with Crippen molar-refractivity contribution in [3.05, 3.63) is 33.8 Å². The van der Waals surface area contributed by atoms with E-state index in [1.54, 1.807) is 12.0 Å². The van der Waals surface area contributed by atoms with Crippen LogP contribution in [0.4, 0.5) is 0 Å². The van der Waals surface area contributed by atoms with Crippen LogP contribution in [0.25, 0.3) is 0 Å². The van der Waals surface area contributed by atoms with E-state index in [0.29, 0.717) is 43.2 Å². The van der Waals surface area contributed by atoms with Crippen LogP contribution in [0, 0.1) is 0 Å². The lowest BCUT2D eigenvalue weighted by Gasteiger charge is -2.40. The molecule has 1 aromatic rings. The lowest BCUT2D eigenvalue weighted by Crippen LogP contribution is -2.48. The SMILES string of the molecule is COc1cc(Br)c2c3c1OC1CC4(C=CC31CCN(C)C2=O)OCCO4. The Morgan fingerprint density at radius 3 is 2.81 bits per heavy atom. The van der Waals surface area contributed by atoms with E-state index in [0.717, 1.165) is 16.5 Å². The molecule has 0 radical (unpaired) electrons. The first kappa shape index (κ1) is 16.6. The number of hydrogen-bond acceptors (Lipinski definition) is 5. The molecule has 1 fully saturated rings. The lowest BCUT2D eigenvalue weighted by molar-refractivity contribution is -0.145. The summed E-state index contributed by atoms with van der Waals surface area (Å²) in [5.74, 6) is 0.584. The van der Waals surface area contributed by atoms with Gasteiger partial charge in [-0.1, -0.05) is 6.08 Å². The second-order valence-electron chi connectivity index (χ2n) is 7.31. The number of rotatable bonds is 1. The highest BCUT2D eigenvalue weighted by atomic mass is 79.9. The van der Waals surface area contributed by atoms with Gasteiger partial charge in [0, 0.05) is 30.0 Å². The zero-order chi connectivity index (χ0) is 18.1. The van der Waals surface area contributed by atoms with E-state index in [1.165, 1.54) is 0 Å². The van der Waals surface area contributed by atoms with Crippen LogP contribution in [-0.2, 0) is 14.9 Å². The van der Waals surface area contributed by atoms with Crippen molar-refractivity contribution in [3.8, 4) is 11.5 Å². The van der Waals surface area contributed by atoms with Crippen molar-refractivity contribution >= 4 is 21.8 Å². The predicted octanol–water partition coefficient (Wildman–Crippen LogP) is 2.64. The third-order valence-corrected chi connectivity index (χ3v) is 6.65. The summed E-state index contributed by atoms with van der Waals surface area (Å²) in [7, 11) is 3.46. The number of carbonyl (C=O) groups is 1. The van der Waals surface area contributed by atoms with Crippen LogP contribution in [-0.4, -0.2) is 56.6 Å². The molecule has 1 amide bonds. The van der Waals surface area contributed by atoms with Crippen molar-refractivity contribution in [3.63, 3.8) is 0 Å². The molecule has 1 saturated heterocycles. The normalized spacial score (nSPS) is 30.8. The van der Waals surface area contributed by atoms with Crippen LogP contribution < -0.4 is 9.47 Å². The molecule has 4 aliphatic rings. The molecule has 26 heavy (non-hydrogen) atoms. The highest BCUT2D eigenvalue weighted by Crippen LogP contribution is 2.58. The number of amides is 1. The highest BCUT2D eigenvalue weighted by Gasteiger charge is 2.58. The molecule has 138 valence electrons. The molecule has 2 atom stereocenters. The quantitative estimate of drug-likeness (QED) is 0.652. The number of carbonyl (C=O) groups excluding carboxylic acids is 1. The van der Waals surface area contributed by atoms with E-state index in [-0.39, 0.29) is 17.4 Å². The number of methoxy groups -OCH3 is 1. The Balaban J connectivity index is 1.75. The molecular formula is C19H20BrNO5. The Labute approximate surface area is 160 Å². The van der Waals surface area contributed by atoms with Gasteiger partial charge < -0.3 is 23.8 Å². The molecule has 3 heterocycles. The van der Waals surface area contributed by atoms with Crippen LogP contribution in [0.2, 0.25) is 0 Å². The summed E-state index contributed by atoms with van der Waals surface area (Å²) in [6.45, 7) is 1.82. The molecule has 0 N–H and O–H groups in total. The number of nitrogens with zero attached hydrogens (tertiary/aromatic N) is 1. The van der Waals surface area contributed by atoms with Crippen molar-refractivity contribution in [1.29, 1.82) is 0 Å². The molecule has 7 heteroatoms. The minimum absolute atomic E-state index is 0.000967. The molecule has 0 bridgehead atoms. The summed E-state index contributed by atoms with van der Waals surface area (Å²) in [5, 5.41) is 0. The second-order valence-corrected chi connectivity index (χ2v) is 8.16. The maximum atomic E-state index is 13.0. The third-order valence-electron chi connectivity index (χ3n) is 6.02. The predicted molar refractivity (Wildman–Crippen MR) is 96.8 cm³/mol. The maximum absolute atomic E-state index is 13.0. The fourth-order valence-corrected chi connectivity index (χ4v) is 5.23. The molecule has 0 saturated carbocycles. The summed E-state index contributed by atoms with van der Waals surface area (Å²) in [5.41, 5.74) is 1.20. The molecule has 3 aliphatic heterocycles. The Kier molecular flexibility index (Phi) is 3.49.